The minimum Gasteiger partial charge on any atom is -0.379 e. The SMILES string of the molecule is O=[N+]([O-])c1ccc(Br)cc1CNc1ccc(Cl)nc1. The predicted octanol–water partition coefficient (Wildman–Crippen LogP) is 4.02. The summed E-state index contributed by atoms with van der Waals surface area (Å²) in [4.78, 5) is 14.4. The van der Waals surface area contributed by atoms with Crippen molar-refractivity contribution in [3.63, 3.8) is 0 Å². The van der Waals surface area contributed by atoms with Crippen LogP contribution >= 0.6 is 27.5 Å². The van der Waals surface area contributed by atoms with Gasteiger partial charge in [0.05, 0.1) is 16.8 Å². The van der Waals surface area contributed by atoms with Crippen molar-refractivity contribution in [1.82, 2.24) is 4.98 Å². The van der Waals surface area contributed by atoms with Crippen LogP contribution in [0.1, 0.15) is 5.56 Å². The van der Waals surface area contributed by atoms with Crippen LogP contribution in [0.15, 0.2) is 41.0 Å². The summed E-state index contributed by atoms with van der Waals surface area (Å²) in [5.74, 6) is 0. The summed E-state index contributed by atoms with van der Waals surface area (Å²) in [6.45, 7) is 0.332. The predicted molar refractivity (Wildman–Crippen MR) is 77.4 cm³/mol. The van der Waals surface area contributed by atoms with Crippen LogP contribution in [0.25, 0.3) is 0 Å². The monoisotopic (exact) mass is 341 g/mol. The molecule has 7 heteroatoms. The van der Waals surface area contributed by atoms with Gasteiger partial charge in [-0.3, -0.25) is 10.1 Å². The molecule has 98 valence electrons. The van der Waals surface area contributed by atoms with Gasteiger partial charge in [-0.15, -0.1) is 0 Å². The molecule has 0 aliphatic heterocycles. The molecule has 0 fully saturated rings. The zero-order chi connectivity index (χ0) is 13.8. The summed E-state index contributed by atoms with van der Waals surface area (Å²) < 4.78 is 0.795. The number of aromatic nitrogens is 1. The van der Waals surface area contributed by atoms with E-state index in [0.29, 0.717) is 17.3 Å². The van der Waals surface area contributed by atoms with Gasteiger partial charge in [0.25, 0.3) is 5.69 Å². The first-order chi connectivity index (χ1) is 9.06. The number of anilines is 1. The molecule has 1 heterocycles. The van der Waals surface area contributed by atoms with E-state index in [9.17, 15) is 10.1 Å². The topological polar surface area (TPSA) is 68.1 Å². The van der Waals surface area contributed by atoms with E-state index in [0.717, 1.165) is 10.2 Å². The van der Waals surface area contributed by atoms with Crippen molar-refractivity contribution in [3.05, 3.63) is 61.8 Å². The Morgan fingerprint density at radius 1 is 1.37 bits per heavy atom. The Morgan fingerprint density at radius 3 is 2.79 bits per heavy atom. The number of nitrogens with zero attached hydrogens (tertiary/aromatic N) is 2. The molecule has 0 saturated heterocycles. The summed E-state index contributed by atoms with van der Waals surface area (Å²) >= 11 is 8.98. The van der Waals surface area contributed by atoms with Gasteiger partial charge in [-0.25, -0.2) is 4.98 Å². The van der Waals surface area contributed by atoms with Crippen LogP contribution in [0.2, 0.25) is 5.15 Å². The quantitative estimate of drug-likeness (QED) is 0.518. The summed E-state index contributed by atoms with van der Waals surface area (Å²) in [6.07, 6.45) is 1.58. The van der Waals surface area contributed by atoms with Crippen molar-refractivity contribution >= 4 is 38.9 Å². The van der Waals surface area contributed by atoms with E-state index in [1.54, 1.807) is 30.5 Å². The van der Waals surface area contributed by atoms with Crippen molar-refractivity contribution < 1.29 is 4.92 Å². The van der Waals surface area contributed by atoms with Crippen molar-refractivity contribution in [2.75, 3.05) is 5.32 Å². The van der Waals surface area contributed by atoms with Crippen molar-refractivity contribution in [3.8, 4) is 0 Å². The van der Waals surface area contributed by atoms with Crippen molar-refractivity contribution in [1.29, 1.82) is 0 Å². The Morgan fingerprint density at radius 2 is 2.16 bits per heavy atom. The van der Waals surface area contributed by atoms with Gasteiger partial charge in [-0.1, -0.05) is 27.5 Å². The van der Waals surface area contributed by atoms with Crippen LogP contribution in [0.4, 0.5) is 11.4 Å². The lowest BCUT2D eigenvalue weighted by Crippen LogP contribution is -2.03. The fourth-order valence-electron chi connectivity index (χ4n) is 1.55. The second-order valence-electron chi connectivity index (χ2n) is 3.75. The molecular weight excluding hydrogens is 334 g/mol. The number of pyridine rings is 1. The molecule has 1 aromatic carbocycles. The summed E-state index contributed by atoms with van der Waals surface area (Å²) in [5, 5.41) is 14.4. The Bertz CT molecular complexity index is 604. The van der Waals surface area contributed by atoms with Crippen LogP contribution in [0, 0.1) is 10.1 Å². The minimum atomic E-state index is -0.399. The largest absolute Gasteiger partial charge is 0.379 e. The van der Waals surface area contributed by atoms with Gasteiger partial charge >= 0.3 is 0 Å². The van der Waals surface area contributed by atoms with Crippen molar-refractivity contribution in [2.24, 2.45) is 0 Å². The molecule has 0 aliphatic carbocycles. The minimum absolute atomic E-state index is 0.0811. The van der Waals surface area contributed by atoms with Crippen molar-refractivity contribution in [2.45, 2.75) is 6.54 Å². The lowest BCUT2D eigenvalue weighted by atomic mass is 10.2. The van der Waals surface area contributed by atoms with Gasteiger partial charge in [0.1, 0.15) is 5.15 Å². The smallest absolute Gasteiger partial charge is 0.274 e. The number of hydrogen-bond donors (Lipinski definition) is 1. The Balaban J connectivity index is 2.16. The third kappa shape index (κ3) is 3.65. The Kier molecular flexibility index (Phi) is 4.34. The highest BCUT2D eigenvalue weighted by Crippen LogP contribution is 2.24. The second kappa shape index (κ2) is 5.99. The number of nitro benzene ring substituents is 1. The molecule has 1 aromatic heterocycles. The normalized spacial score (nSPS) is 10.2. The first-order valence-electron chi connectivity index (χ1n) is 5.34. The van der Waals surface area contributed by atoms with E-state index < -0.39 is 4.92 Å². The van der Waals surface area contributed by atoms with Gasteiger partial charge in [0.2, 0.25) is 0 Å². The van der Waals surface area contributed by atoms with E-state index in [4.69, 9.17) is 11.6 Å². The molecule has 0 aliphatic rings. The van der Waals surface area contributed by atoms with Crippen LogP contribution in [-0.2, 0) is 6.54 Å². The average molecular weight is 343 g/mol. The molecule has 0 atom stereocenters. The molecule has 19 heavy (non-hydrogen) atoms. The molecule has 0 radical (unpaired) electrons. The van der Waals surface area contributed by atoms with Crippen LogP contribution < -0.4 is 5.32 Å². The van der Waals surface area contributed by atoms with Gasteiger partial charge in [-0.2, -0.15) is 0 Å². The zero-order valence-corrected chi connectivity index (χ0v) is 12.0. The number of nitrogens with one attached hydrogen (secondary N) is 1. The number of benzene rings is 1. The summed E-state index contributed by atoms with van der Waals surface area (Å²) in [5.41, 5.74) is 1.42. The molecule has 5 nitrogen and oxygen atoms in total. The zero-order valence-electron chi connectivity index (χ0n) is 9.64. The van der Waals surface area contributed by atoms with Gasteiger partial charge in [0, 0.05) is 22.6 Å². The van der Waals surface area contributed by atoms with Crippen LogP contribution in [0.3, 0.4) is 0 Å². The molecule has 1 N–H and O–H groups in total. The maximum atomic E-state index is 10.9. The molecule has 2 aromatic rings. The number of halogens is 2. The molecule has 0 bridgehead atoms. The van der Waals surface area contributed by atoms with E-state index in [2.05, 4.69) is 26.2 Å². The first-order valence-corrected chi connectivity index (χ1v) is 6.51. The molecule has 2 rings (SSSR count). The number of nitro groups is 1. The van der Waals surface area contributed by atoms with E-state index in [1.165, 1.54) is 6.07 Å². The fourth-order valence-corrected chi connectivity index (χ4v) is 2.07. The maximum Gasteiger partial charge on any atom is 0.274 e. The van der Waals surface area contributed by atoms with Gasteiger partial charge in [0.15, 0.2) is 0 Å². The van der Waals surface area contributed by atoms with Crippen LogP contribution in [0.5, 0.6) is 0 Å². The first kappa shape index (κ1) is 13.8. The second-order valence-corrected chi connectivity index (χ2v) is 5.06. The van der Waals surface area contributed by atoms with E-state index in [-0.39, 0.29) is 5.69 Å². The lowest BCUT2D eigenvalue weighted by Gasteiger charge is -2.07. The van der Waals surface area contributed by atoms with E-state index in [1.807, 2.05) is 0 Å². The maximum absolute atomic E-state index is 10.9. The molecular formula is C12H9BrClN3O2. The molecule has 0 saturated carbocycles. The van der Waals surface area contributed by atoms with Gasteiger partial charge < -0.3 is 5.32 Å². The fraction of sp³-hybridized carbons (Fsp3) is 0.0833. The van der Waals surface area contributed by atoms with Gasteiger partial charge in [-0.05, 0) is 24.3 Å². The Labute approximate surface area is 122 Å². The molecule has 0 amide bonds. The highest BCUT2D eigenvalue weighted by atomic mass is 79.9. The molecule has 0 unspecified atom stereocenters. The standard InChI is InChI=1S/C12H9BrClN3O2/c13-9-1-3-11(17(18)19)8(5-9)6-15-10-2-4-12(14)16-7-10/h1-5,7,15H,6H2. The number of hydrogen-bond acceptors (Lipinski definition) is 4. The highest BCUT2D eigenvalue weighted by molar-refractivity contribution is 9.10. The summed E-state index contributed by atoms with van der Waals surface area (Å²) in [6, 6.07) is 8.25. The highest BCUT2D eigenvalue weighted by Gasteiger charge is 2.13. The third-order valence-electron chi connectivity index (χ3n) is 2.45. The molecule has 0 spiro atoms. The van der Waals surface area contributed by atoms with E-state index >= 15 is 0 Å². The lowest BCUT2D eigenvalue weighted by molar-refractivity contribution is -0.385. The average Bonchev–Trinajstić information content (AvgIpc) is 2.38. The Hall–Kier alpha value is -1.66. The number of rotatable bonds is 4. The summed E-state index contributed by atoms with van der Waals surface area (Å²) in [7, 11) is 0. The third-order valence-corrected chi connectivity index (χ3v) is 3.17. The van der Waals surface area contributed by atoms with Crippen LogP contribution in [-0.4, -0.2) is 9.91 Å².